The van der Waals surface area contributed by atoms with Crippen LogP contribution in [-0.4, -0.2) is 12.6 Å². The van der Waals surface area contributed by atoms with Gasteiger partial charge in [0.05, 0.1) is 0 Å². The molecule has 2 saturated carbocycles. The number of hydrogen-bond donors (Lipinski definition) is 1. The minimum atomic E-state index is 0.580. The van der Waals surface area contributed by atoms with E-state index < -0.39 is 0 Å². The molecule has 3 atom stereocenters. The maximum Gasteiger partial charge on any atom is 0.0152 e. The van der Waals surface area contributed by atoms with E-state index in [0.717, 1.165) is 17.9 Å². The Kier molecular flexibility index (Phi) is 2.39. The smallest absolute Gasteiger partial charge is 0.0152 e. The van der Waals surface area contributed by atoms with E-state index in [1.54, 1.807) is 0 Å². The molecule has 3 unspecified atom stereocenters. The molecule has 2 aliphatic rings. The third-order valence-corrected chi connectivity index (χ3v) is 4.37. The zero-order valence-corrected chi connectivity index (χ0v) is 9.27. The van der Waals surface area contributed by atoms with Crippen molar-refractivity contribution in [2.45, 2.75) is 52.5 Å². The van der Waals surface area contributed by atoms with Crippen LogP contribution in [-0.2, 0) is 0 Å². The van der Waals surface area contributed by atoms with Gasteiger partial charge >= 0.3 is 0 Å². The van der Waals surface area contributed by atoms with Crippen molar-refractivity contribution in [2.75, 3.05) is 6.54 Å². The molecule has 2 fully saturated rings. The molecule has 0 heterocycles. The second-order valence-corrected chi connectivity index (χ2v) is 5.45. The van der Waals surface area contributed by atoms with E-state index in [4.69, 9.17) is 0 Å². The standard InChI is InChI=1S/C12H23N/c1-4-8-13-11-9-6-5-7-10(9)12(11,2)3/h9-11,13H,4-8H2,1-3H3. The molecule has 2 aliphatic carbocycles. The molecule has 1 nitrogen and oxygen atoms in total. The summed E-state index contributed by atoms with van der Waals surface area (Å²) in [7, 11) is 0. The van der Waals surface area contributed by atoms with Gasteiger partial charge in [-0.3, -0.25) is 0 Å². The zero-order chi connectivity index (χ0) is 9.47. The molecule has 0 radical (unpaired) electrons. The third-order valence-electron chi connectivity index (χ3n) is 4.37. The lowest BCUT2D eigenvalue weighted by Crippen LogP contribution is -2.62. The molecule has 1 heteroatoms. The van der Waals surface area contributed by atoms with Crippen molar-refractivity contribution in [3.8, 4) is 0 Å². The fraction of sp³-hybridized carbons (Fsp3) is 1.00. The Morgan fingerprint density at radius 3 is 2.77 bits per heavy atom. The molecule has 0 saturated heterocycles. The summed E-state index contributed by atoms with van der Waals surface area (Å²) in [6, 6.07) is 0.819. The molecular formula is C12H23N. The van der Waals surface area contributed by atoms with Gasteiger partial charge < -0.3 is 5.32 Å². The van der Waals surface area contributed by atoms with Gasteiger partial charge in [0.1, 0.15) is 0 Å². The lowest BCUT2D eigenvalue weighted by molar-refractivity contribution is -0.0402. The summed E-state index contributed by atoms with van der Waals surface area (Å²) in [5, 5.41) is 3.73. The van der Waals surface area contributed by atoms with Gasteiger partial charge in [0.25, 0.3) is 0 Å². The fourth-order valence-electron chi connectivity index (χ4n) is 3.69. The van der Waals surface area contributed by atoms with Gasteiger partial charge in [-0.25, -0.2) is 0 Å². The summed E-state index contributed by atoms with van der Waals surface area (Å²) in [4.78, 5) is 0. The average Bonchev–Trinajstić information content (AvgIpc) is 2.51. The van der Waals surface area contributed by atoms with Crippen LogP contribution >= 0.6 is 0 Å². The average molecular weight is 181 g/mol. The van der Waals surface area contributed by atoms with Crippen molar-refractivity contribution in [2.24, 2.45) is 17.3 Å². The number of fused-ring (bicyclic) bond motifs is 1. The Bertz CT molecular complexity index is 186. The summed E-state index contributed by atoms with van der Waals surface area (Å²) in [5.74, 6) is 2.04. The van der Waals surface area contributed by atoms with E-state index in [2.05, 4.69) is 26.1 Å². The first-order chi connectivity index (χ1) is 6.18. The van der Waals surface area contributed by atoms with Crippen LogP contribution in [0.15, 0.2) is 0 Å². The van der Waals surface area contributed by atoms with Gasteiger partial charge in [-0.1, -0.05) is 27.2 Å². The van der Waals surface area contributed by atoms with Crippen molar-refractivity contribution in [3.05, 3.63) is 0 Å². The van der Waals surface area contributed by atoms with Crippen molar-refractivity contribution in [1.82, 2.24) is 5.32 Å². The van der Waals surface area contributed by atoms with Gasteiger partial charge in [-0.2, -0.15) is 0 Å². The third kappa shape index (κ3) is 1.32. The maximum absolute atomic E-state index is 3.73. The monoisotopic (exact) mass is 181 g/mol. The second-order valence-electron chi connectivity index (χ2n) is 5.45. The molecule has 0 aromatic carbocycles. The fourth-order valence-corrected chi connectivity index (χ4v) is 3.69. The maximum atomic E-state index is 3.73. The normalized spacial score (nSPS) is 41.3. The van der Waals surface area contributed by atoms with Gasteiger partial charge in [0.2, 0.25) is 0 Å². The van der Waals surface area contributed by atoms with E-state index in [1.807, 2.05) is 0 Å². The Morgan fingerprint density at radius 1 is 1.31 bits per heavy atom. The second kappa shape index (κ2) is 3.27. The summed E-state index contributed by atoms with van der Waals surface area (Å²) in [6.45, 7) is 8.36. The molecule has 2 rings (SSSR count). The van der Waals surface area contributed by atoms with E-state index in [0.29, 0.717) is 5.41 Å². The van der Waals surface area contributed by atoms with Crippen LogP contribution < -0.4 is 5.32 Å². The number of hydrogen-bond acceptors (Lipinski definition) is 1. The van der Waals surface area contributed by atoms with Crippen LogP contribution in [0, 0.1) is 17.3 Å². The SMILES string of the molecule is CCCNC1C2CCCC2C1(C)C. The Hall–Kier alpha value is -0.0400. The van der Waals surface area contributed by atoms with E-state index >= 15 is 0 Å². The molecule has 0 aromatic rings. The molecule has 0 amide bonds. The van der Waals surface area contributed by atoms with Crippen molar-refractivity contribution in [3.63, 3.8) is 0 Å². The van der Waals surface area contributed by atoms with Crippen LogP contribution in [0.1, 0.15) is 46.5 Å². The van der Waals surface area contributed by atoms with E-state index in [-0.39, 0.29) is 0 Å². The van der Waals surface area contributed by atoms with Gasteiger partial charge in [0.15, 0.2) is 0 Å². The Morgan fingerprint density at radius 2 is 2.08 bits per heavy atom. The highest BCUT2D eigenvalue weighted by Gasteiger charge is 2.56. The van der Waals surface area contributed by atoms with Gasteiger partial charge in [0, 0.05) is 6.04 Å². The zero-order valence-electron chi connectivity index (χ0n) is 9.27. The molecule has 76 valence electrons. The van der Waals surface area contributed by atoms with Crippen molar-refractivity contribution in [1.29, 1.82) is 0 Å². The van der Waals surface area contributed by atoms with Crippen LogP contribution in [0.5, 0.6) is 0 Å². The van der Waals surface area contributed by atoms with Gasteiger partial charge in [-0.05, 0) is 43.1 Å². The van der Waals surface area contributed by atoms with Crippen LogP contribution in [0.2, 0.25) is 0 Å². The highest BCUT2D eigenvalue weighted by atomic mass is 15.0. The quantitative estimate of drug-likeness (QED) is 0.706. The summed E-state index contributed by atoms with van der Waals surface area (Å²) in [5.41, 5.74) is 0.580. The minimum Gasteiger partial charge on any atom is -0.313 e. The first-order valence-electron chi connectivity index (χ1n) is 5.91. The summed E-state index contributed by atoms with van der Waals surface area (Å²) >= 11 is 0. The number of rotatable bonds is 3. The van der Waals surface area contributed by atoms with E-state index in [9.17, 15) is 0 Å². The summed E-state index contributed by atoms with van der Waals surface area (Å²) in [6.07, 6.45) is 5.71. The first-order valence-corrected chi connectivity index (χ1v) is 5.91. The van der Waals surface area contributed by atoms with Gasteiger partial charge in [-0.15, -0.1) is 0 Å². The van der Waals surface area contributed by atoms with E-state index in [1.165, 1.54) is 32.2 Å². The molecule has 0 aromatic heterocycles. The van der Waals surface area contributed by atoms with Crippen molar-refractivity contribution < 1.29 is 0 Å². The molecule has 0 aliphatic heterocycles. The van der Waals surface area contributed by atoms with Crippen LogP contribution in [0.4, 0.5) is 0 Å². The minimum absolute atomic E-state index is 0.580. The largest absolute Gasteiger partial charge is 0.313 e. The lowest BCUT2D eigenvalue weighted by Gasteiger charge is -2.56. The molecule has 0 bridgehead atoms. The first kappa shape index (κ1) is 9.51. The molecule has 1 N–H and O–H groups in total. The predicted octanol–water partition coefficient (Wildman–Crippen LogP) is 2.81. The molecular weight excluding hydrogens is 158 g/mol. The predicted molar refractivity (Wildman–Crippen MR) is 56.7 cm³/mol. The summed E-state index contributed by atoms with van der Waals surface area (Å²) < 4.78 is 0. The topological polar surface area (TPSA) is 12.0 Å². The lowest BCUT2D eigenvalue weighted by atomic mass is 9.53. The van der Waals surface area contributed by atoms with Crippen LogP contribution in [0.3, 0.4) is 0 Å². The van der Waals surface area contributed by atoms with Crippen molar-refractivity contribution >= 4 is 0 Å². The molecule has 0 spiro atoms. The highest BCUT2D eigenvalue weighted by molar-refractivity contribution is 5.09. The highest BCUT2D eigenvalue weighted by Crippen LogP contribution is 2.58. The Labute approximate surface area is 82.3 Å². The molecule has 13 heavy (non-hydrogen) atoms. The number of nitrogens with one attached hydrogen (secondary N) is 1. The Balaban J connectivity index is 1.95. The van der Waals surface area contributed by atoms with Crippen LogP contribution in [0.25, 0.3) is 0 Å².